The van der Waals surface area contributed by atoms with Crippen LogP contribution in [-0.4, -0.2) is 53.7 Å². The molecule has 2 aliphatic rings. The number of carbonyl (C=O) groups excluding carboxylic acids is 2. The minimum atomic E-state index is -0.899. The van der Waals surface area contributed by atoms with E-state index in [1.165, 1.54) is 4.90 Å². The lowest BCUT2D eigenvalue weighted by Gasteiger charge is -2.45. The minimum absolute atomic E-state index is 0.0153. The van der Waals surface area contributed by atoms with Crippen LogP contribution in [0.25, 0.3) is 11.1 Å². The molecule has 1 aliphatic heterocycles. The SMILES string of the molecule is CC(C)[C@H](CC(=O)N1CC(C)(C(=O)O)C1)NC(=O)OCC1c2ccccc2-c2ccccc21. The summed E-state index contributed by atoms with van der Waals surface area (Å²) in [7, 11) is 0. The predicted octanol–water partition coefficient (Wildman–Crippen LogP) is 3.87. The van der Waals surface area contributed by atoms with E-state index in [9.17, 15) is 19.5 Å². The van der Waals surface area contributed by atoms with Gasteiger partial charge in [0.1, 0.15) is 6.61 Å². The van der Waals surface area contributed by atoms with Crippen molar-refractivity contribution in [2.45, 2.75) is 39.2 Å². The van der Waals surface area contributed by atoms with Crippen molar-refractivity contribution in [3.05, 3.63) is 59.7 Å². The van der Waals surface area contributed by atoms with Gasteiger partial charge in [0.2, 0.25) is 5.91 Å². The molecule has 174 valence electrons. The highest BCUT2D eigenvalue weighted by Crippen LogP contribution is 2.44. The smallest absolute Gasteiger partial charge is 0.407 e. The molecule has 2 aromatic rings. The third-order valence-corrected chi connectivity index (χ3v) is 6.79. The van der Waals surface area contributed by atoms with E-state index in [1.54, 1.807) is 6.92 Å². The van der Waals surface area contributed by atoms with Gasteiger partial charge in [-0.05, 0) is 35.1 Å². The van der Waals surface area contributed by atoms with Crippen LogP contribution in [-0.2, 0) is 14.3 Å². The van der Waals surface area contributed by atoms with Crippen molar-refractivity contribution in [3.8, 4) is 11.1 Å². The topological polar surface area (TPSA) is 95.9 Å². The Balaban J connectivity index is 1.35. The molecule has 0 radical (unpaired) electrons. The van der Waals surface area contributed by atoms with Crippen LogP contribution in [0, 0.1) is 11.3 Å². The monoisotopic (exact) mass is 450 g/mol. The van der Waals surface area contributed by atoms with Gasteiger partial charge < -0.3 is 20.1 Å². The minimum Gasteiger partial charge on any atom is -0.481 e. The largest absolute Gasteiger partial charge is 0.481 e. The Bertz CT molecular complexity index is 1030. The second kappa shape index (κ2) is 8.89. The molecule has 2 amide bonds. The van der Waals surface area contributed by atoms with E-state index in [-0.39, 0.29) is 43.9 Å². The van der Waals surface area contributed by atoms with Crippen molar-refractivity contribution in [1.29, 1.82) is 0 Å². The lowest BCUT2D eigenvalue weighted by molar-refractivity contribution is -0.164. The molecule has 1 fully saturated rings. The van der Waals surface area contributed by atoms with E-state index in [1.807, 2.05) is 38.1 Å². The Kier molecular flexibility index (Phi) is 6.15. The summed E-state index contributed by atoms with van der Waals surface area (Å²) in [5.74, 6) is -1.08. The van der Waals surface area contributed by atoms with Gasteiger partial charge in [0.25, 0.3) is 0 Å². The van der Waals surface area contributed by atoms with Gasteiger partial charge in [0.15, 0.2) is 0 Å². The van der Waals surface area contributed by atoms with E-state index in [0.717, 1.165) is 22.3 Å². The highest BCUT2D eigenvalue weighted by molar-refractivity contribution is 5.84. The molecule has 0 spiro atoms. The first-order chi connectivity index (χ1) is 15.7. The van der Waals surface area contributed by atoms with E-state index in [0.29, 0.717) is 0 Å². The Labute approximate surface area is 193 Å². The molecule has 2 N–H and O–H groups in total. The molecular weight excluding hydrogens is 420 g/mol. The fourth-order valence-corrected chi connectivity index (χ4v) is 4.67. The van der Waals surface area contributed by atoms with Gasteiger partial charge in [0, 0.05) is 31.5 Å². The molecule has 1 saturated heterocycles. The van der Waals surface area contributed by atoms with Crippen LogP contribution in [0.1, 0.15) is 44.2 Å². The van der Waals surface area contributed by atoms with Gasteiger partial charge in [-0.2, -0.15) is 0 Å². The van der Waals surface area contributed by atoms with Crippen LogP contribution < -0.4 is 5.32 Å². The van der Waals surface area contributed by atoms with Crippen molar-refractivity contribution in [1.82, 2.24) is 10.2 Å². The highest BCUT2D eigenvalue weighted by Gasteiger charge is 2.47. The van der Waals surface area contributed by atoms with Crippen LogP contribution in [0.4, 0.5) is 4.79 Å². The fourth-order valence-electron chi connectivity index (χ4n) is 4.67. The number of nitrogens with one attached hydrogen (secondary N) is 1. The lowest BCUT2D eigenvalue weighted by atomic mass is 9.81. The van der Waals surface area contributed by atoms with Crippen LogP contribution in [0.15, 0.2) is 48.5 Å². The summed E-state index contributed by atoms with van der Waals surface area (Å²) in [6.45, 7) is 6.09. The van der Waals surface area contributed by atoms with Gasteiger partial charge in [-0.25, -0.2) is 4.79 Å². The third kappa shape index (κ3) is 4.45. The molecule has 7 heteroatoms. The number of benzene rings is 2. The molecule has 0 saturated carbocycles. The van der Waals surface area contributed by atoms with Crippen LogP contribution >= 0.6 is 0 Å². The van der Waals surface area contributed by atoms with Crippen molar-refractivity contribution in [3.63, 3.8) is 0 Å². The van der Waals surface area contributed by atoms with E-state index >= 15 is 0 Å². The van der Waals surface area contributed by atoms with Gasteiger partial charge >= 0.3 is 12.1 Å². The average molecular weight is 451 g/mol. The zero-order valence-electron chi connectivity index (χ0n) is 19.2. The summed E-state index contributed by atoms with van der Waals surface area (Å²) >= 11 is 0. The molecule has 1 aliphatic carbocycles. The van der Waals surface area contributed by atoms with Crippen LogP contribution in [0.3, 0.4) is 0 Å². The summed E-state index contributed by atoms with van der Waals surface area (Å²) in [5.41, 5.74) is 3.72. The number of alkyl carbamates (subject to hydrolysis) is 1. The zero-order valence-corrected chi connectivity index (χ0v) is 19.2. The zero-order chi connectivity index (χ0) is 23.8. The van der Waals surface area contributed by atoms with Gasteiger partial charge in [0.05, 0.1) is 5.41 Å². The van der Waals surface area contributed by atoms with Crippen LogP contribution in [0.2, 0.25) is 0 Å². The highest BCUT2D eigenvalue weighted by atomic mass is 16.5. The maximum absolute atomic E-state index is 12.6. The van der Waals surface area contributed by atoms with Crippen molar-refractivity contribution < 1.29 is 24.2 Å². The molecule has 0 bridgehead atoms. The number of nitrogens with zero attached hydrogens (tertiary/aromatic N) is 1. The Morgan fingerprint density at radius 2 is 1.61 bits per heavy atom. The number of hydrogen-bond donors (Lipinski definition) is 2. The Morgan fingerprint density at radius 1 is 1.06 bits per heavy atom. The maximum Gasteiger partial charge on any atom is 0.407 e. The Morgan fingerprint density at radius 3 is 2.12 bits per heavy atom. The summed E-state index contributed by atoms with van der Waals surface area (Å²) in [4.78, 5) is 38.0. The van der Waals surface area contributed by atoms with Gasteiger partial charge in [-0.15, -0.1) is 0 Å². The molecule has 7 nitrogen and oxygen atoms in total. The molecule has 0 aromatic heterocycles. The van der Waals surface area contributed by atoms with Crippen molar-refractivity contribution in [2.75, 3.05) is 19.7 Å². The molecular formula is C26H30N2O5. The summed E-state index contributed by atoms with van der Waals surface area (Å²) in [6, 6.07) is 15.9. The second-order valence-corrected chi connectivity index (χ2v) is 9.64. The number of hydrogen-bond acceptors (Lipinski definition) is 4. The first-order valence-electron chi connectivity index (χ1n) is 11.3. The molecule has 33 heavy (non-hydrogen) atoms. The first kappa shape index (κ1) is 22.8. The number of carbonyl (C=O) groups is 3. The second-order valence-electron chi connectivity index (χ2n) is 9.64. The lowest BCUT2D eigenvalue weighted by Crippen LogP contribution is -2.61. The molecule has 1 atom stereocenters. The van der Waals surface area contributed by atoms with E-state index in [2.05, 4.69) is 29.6 Å². The maximum atomic E-state index is 12.6. The predicted molar refractivity (Wildman–Crippen MR) is 124 cm³/mol. The molecule has 2 aromatic carbocycles. The number of likely N-dealkylation sites (tertiary alicyclic amines) is 1. The number of rotatable bonds is 7. The molecule has 0 unspecified atom stereocenters. The van der Waals surface area contributed by atoms with Gasteiger partial charge in [-0.3, -0.25) is 9.59 Å². The number of fused-ring (bicyclic) bond motifs is 3. The fraction of sp³-hybridized carbons (Fsp3) is 0.423. The number of ether oxygens (including phenoxy) is 1. The average Bonchev–Trinajstić information content (AvgIpc) is 3.08. The number of carboxylic acid groups (broad SMARTS) is 1. The van der Waals surface area contributed by atoms with Crippen molar-refractivity contribution in [2.24, 2.45) is 11.3 Å². The number of aliphatic carboxylic acids is 1. The number of amides is 2. The molecule has 4 rings (SSSR count). The number of carboxylic acids is 1. The Hall–Kier alpha value is -3.35. The third-order valence-electron chi connectivity index (χ3n) is 6.79. The molecule has 1 heterocycles. The summed E-state index contributed by atoms with van der Waals surface area (Å²) < 4.78 is 5.61. The quantitative estimate of drug-likeness (QED) is 0.668. The van der Waals surface area contributed by atoms with E-state index < -0.39 is 23.5 Å². The van der Waals surface area contributed by atoms with E-state index in [4.69, 9.17) is 4.74 Å². The normalized spacial score (nSPS) is 17.0. The van der Waals surface area contributed by atoms with Gasteiger partial charge in [-0.1, -0.05) is 62.4 Å². The van der Waals surface area contributed by atoms with Crippen molar-refractivity contribution >= 4 is 18.0 Å². The summed E-state index contributed by atoms with van der Waals surface area (Å²) in [5, 5.41) is 12.1. The standard InChI is InChI=1S/C26H30N2O5/c1-16(2)22(12-23(29)28-14-26(3,15-28)24(30)31)27-25(32)33-13-21-19-10-6-4-8-17(19)18-9-5-7-11-20(18)21/h4-11,16,21-22H,12-15H2,1-3H3,(H,27,32)(H,30,31)/t22-/m0/s1. The van der Waals surface area contributed by atoms with Crippen LogP contribution in [0.5, 0.6) is 0 Å². The first-order valence-corrected chi connectivity index (χ1v) is 11.3. The summed E-state index contributed by atoms with van der Waals surface area (Å²) in [6.07, 6.45) is -0.445.